The third-order valence-corrected chi connectivity index (χ3v) is 31.2. The molecule has 0 radical (unpaired) electrons. The predicted octanol–water partition coefficient (Wildman–Crippen LogP) is 33.8. The number of carbonyl (C=O) groups excluding carboxylic acids is 3. The molecule has 0 saturated carbocycles. The number of aromatic carboxylic acids is 1. The van der Waals surface area contributed by atoms with Gasteiger partial charge in [0.1, 0.15) is 23.0 Å². The number of carboxylic acids is 1. The number of phenolic OH excluding ortho intramolecular Hbond substituents is 2. The Labute approximate surface area is 852 Å². The van der Waals surface area contributed by atoms with Crippen LogP contribution in [0.3, 0.4) is 0 Å². The Morgan fingerprint density at radius 3 is 0.784 bits per heavy atom. The van der Waals surface area contributed by atoms with Gasteiger partial charge in [-0.25, -0.2) is 4.79 Å². The summed E-state index contributed by atoms with van der Waals surface area (Å²) in [6.07, 6.45) is 47.6. The van der Waals surface area contributed by atoms with Crippen molar-refractivity contribution in [2.45, 2.75) is 311 Å². The van der Waals surface area contributed by atoms with E-state index < -0.39 is 32.5 Å². The van der Waals surface area contributed by atoms with Gasteiger partial charge in [0.05, 0.1) is 25.4 Å². The van der Waals surface area contributed by atoms with E-state index in [4.69, 9.17) is 43.9 Å². The topological polar surface area (TPSA) is 166 Å². The number of benzene rings is 10. The van der Waals surface area contributed by atoms with Crippen LogP contribution in [0.5, 0.6) is 34.5 Å². The molecule has 3 N–H and O–H groups in total. The minimum atomic E-state index is -1.54. The normalized spacial score (nSPS) is 10.5. The molecule has 10 aromatic rings. The number of alkyl halides is 1. The second-order valence-electron chi connectivity index (χ2n) is 36.5. The largest absolute Gasteiger partial charge is 1.00 e. The predicted molar refractivity (Wildman–Crippen MR) is 581 cm³/mol. The van der Waals surface area contributed by atoms with E-state index in [1.54, 1.807) is 36.4 Å². The van der Waals surface area contributed by atoms with E-state index in [2.05, 4.69) is 197 Å². The summed E-state index contributed by atoms with van der Waals surface area (Å²) in [7, 11) is 0. The number of aromatic hydroxyl groups is 2. The van der Waals surface area contributed by atoms with Gasteiger partial charge in [0.25, 0.3) is 0 Å². The summed E-state index contributed by atoms with van der Waals surface area (Å²) in [6.45, 7) is 17.1. The number of phenols is 2. The van der Waals surface area contributed by atoms with Crippen LogP contribution in [-0.2, 0) is 22.4 Å². The zero-order chi connectivity index (χ0) is 97.2. The van der Waals surface area contributed by atoms with Crippen molar-refractivity contribution in [1.29, 1.82) is 0 Å². The number of esters is 1. The van der Waals surface area contributed by atoms with E-state index in [0.717, 1.165) is 111 Å². The van der Waals surface area contributed by atoms with Crippen LogP contribution in [0.2, 0.25) is 45.0 Å². The molecule has 0 heterocycles. The molecule has 10 rings (SSSR count). The molecule has 134 heavy (non-hydrogen) atoms. The maximum Gasteiger partial charge on any atom is 1.00 e. The van der Waals surface area contributed by atoms with Gasteiger partial charge in [-0.3, -0.25) is 0 Å². The number of carboxylic acid groups (broad SMARTS) is 1. The van der Waals surface area contributed by atoms with Gasteiger partial charge in [0.2, 0.25) is 0 Å². The molecular weight excluding hydrogens is 1970 g/mol. The van der Waals surface area contributed by atoms with Crippen molar-refractivity contribution in [2.24, 2.45) is 0 Å². The van der Waals surface area contributed by atoms with Crippen molar-refractivity contribution in [3.05, 3.63) is 281 Å². The van der Waals surface area contributed by atoms with Crippen LogP contribution in [0, 0.1) is 6.92 Å². The molecule has 0 spiro atoms. The molecular formula is C117H162Br3Ge2LiO11. The van der Waals surface area contributed by atoms with Crippen molar-refractivity contribution in [3.8, 4) is 79.0 Å². The molecule has 726 valence electrons. The Balaban J connectivity index is 0.000000561. The van der Waals surface area contributed by atoms with Gasteiger partial charge in [-0.2, -0.15) is 16.0 Å². The Morgan fingerprint density at radius 2 is 0.530 bits per heavy atom. The van der Waals surface area contributed by atoms with Gasteiger partial charge in [-0.1, -0.05) is 354 Å². The van der Waals surface area contributed by atoms with E-state index in [1.165, 1.54) is 237 Å². The second kappa shape index (κ2) is 78.5. The number of carbonyl (C=O) groups is 2. The molecule has 0 bridgehead atoms. The van der Waals surface area contributed by atoms with Crippen molar-refractivity contribution in [3.63, 3.8) is 0 Å². The Morgan fingerprint density at radius 1 is 0.313 bits per heavy atom. The van der Waals surface area contributed by atoms with Crippen LogP contribution in [0.25, 0.3) is 44.5 Å². The number of ether oxygens (including phenoxy) is 4. The van der Waals surface area contributed by atoms with Crippen LogP contribution in [0.15, 0.2) is 252 Å². The minimum absolute atomic E-state index is 0. The van der Waals surface area contributed by atoms with Crippen molar-refractivity contribution in [2.75, 3.05) is 25.2 Å². The van der Waals surface area contributed by atoms with E-state index in [-0.39, 0.29) is 31.0 Å². The molecule has 10 aromatic carbocycles. The quantitative estimate of drug-likeness (QED) is 0.00829. The fourth-order valence-electron chi connectivity index (χ4n) is 13.9. The molecule has 0 saturated heterocycles. The zero-order valence-electron chi connectivity index (χ0n) is 83.7. The maximum absolute atomic E-state index is 12.6. The molecule has 0 aliphatic rings. The maximum atomic E-state index is 12.6. The molecule has 0 amide bonds. The van der Waals surface area contributed by atoms with Crippen LogP contribution in [0.1, 0.15) is 285 Å². The van der Waals surface area contributed by atoms with Crippen LogP contribution >= 0.6 is 47.8 Å². The van der Waals surface area contributed by atoms with Crippen LogP contribution in [0.4, 0.5) is 0 Å². The Kier molecular flexibility index (Phi) is 71.9. The molecule has 0 aliphatic carbocycles. The molecule has 0 aromatic heterocycles. The van der Waals surface area contributed by atoms with Crippen LogP contribution in [-0.4, -0.2) is 85.1 Å². The summed E-state index contributed by atoms with van der Waals surface area (Å²) >= 11 is 7.39. The smallest absolute Gasteiger partial charge is 1.00 e. The van der Waals surface area contributed by atoms with Gasteiger partial charge in [0.15, 0.2) is 0 Å². The summed E-state index contributed by atoms with van der Waals surface area (Å²) in [5.41, 5.74) is 12.4. The van der Waals surface area contributed by atoms with Gasteiger partial charge < -0.3 is 31.3 Å². The van der Waals surface area contributed by atoms with E-state index in [0.29, 0.717) is 28.4 Å². The standard InChI is InChI=1S/C34H46GeO3.C23H30O3.C22H29BrO.C12H9BrO.C11H18GeO.C10H21Br.C4H9.CO2.Li/c1-5-6-7-8-9-10-11-12-27-37-32-23-19-30(20-24-32)29-15-17-31(18-16-29)34(36)38-33-21-13-28(14-22-33)25-26-35(2,3)4;1-2-3-4-5-6-7-8-9-18-26-22-16-14-20(15-17-22)19-10-12-21(13-11-19)23(24)25;1-2-3-4-5-6-7-8-9-18-24-22-16-12-20(13-17-22)19-10-14-21(23)15-11-19;13-11-5-1-9(2-6-11)10-3-7-12(14)8-4-10;1-12(2,3)9-8-10-4-6-11(13)7-5-10;1-2-3-4-5-6-7-8-9-10-11;1-3-4-2;2-1-3;/h13-24H,5-12,25-27H2,1-4H3;10-17H,2-9,18H2,1H3,(H,24,25);10-17H,2-9,18H2,1H3;1-8,14H;4-7,13H,8-9H2,1-3H3;2-10H2,1H3;1,3-4H2,2H3;;/q;;;;;;-1;;+1. The summed E-state index contributed by atoms with van der Waals surface area (Å²) in [6, 6.07) is 78.3. The van der Waals surface area contributed by atoms with Crippen molar-refractivity contribution >= 4 is 92.4 Å². The molecule has 0 atom stereocenters. The van der Waals surface area contributed by atoms with Crippen LogP contribution < -0.4 is 37.8 Å². The molecule has 17 heteroatoms. The van der Waals surface area contributed by atoms with Gasteiger partial charge in [0, 0.05) is 14.3 Å². The summed E-state index contributed by atoms with van der Waals surface area (Å²) in [5, 5.41) is 31.0. The number of rotatable bonds is 52. The zero-order valence-corrected chi connectivity index (χ0v) is 92.7. The summed E-state index contributed by atoms with van der Waals surface area (Å²) in [5.74, 6) is 17.4. The SMILES string of the molecule is CCCCCCCCCCBr.CCCCCCCCCCOc1ccc(-c2ccc(Br)cc2)cc1.CCCCCCCCCCOc1ccc(-c2ccc(C(=O)O)cc2)cc1.CCCCCCCCCCOc1ccc(-c2ccc(C(=O)Oc3ccc(C[CH2][Ge]([CH3])([CH3])[CH3])cc3)cc2)cc1.O=C=O.Oc1ccc(-c2ccc(Br)cc2)cc1.[CH2-]CCC.[CH3][Ge]([CH3])([CH3])[CH2]Cc1ccc(O)cc1.[Li+]. The first kappa shape index (κ1) is 123. The Hall–Kier alpha value is -7.36. The fraction of sp³-hybridized carbons (Fsp3) is 0.453. The van der Waals surface area contributed by atoms with Crippen molar-refractivity contribution < 1.29 is 72.3 Å². The number of hydrogen-bond acceptors (Lipinski definition) is 10. The minimum Gasteiger partial charge on any atom is 1.00 e. The van der Waals surface area contributed by atoms with Gasteiger partial charge in [-0.05, 0) is 150 Å². The van der Waals surface area contributed by atoms with E-state index in [1.807, 2.05) is 133 Å². The first-order valence-corrected chi connectivity index (χ1v) is 67.9. The Bertz CT molecular complexity index is 4490. The van der Waals surface area contributed by atoms with Crippen molar-refractivity contribution in [1.82, 2.24) is 0 Å². The van der Waals surface area contributed by atoms with E-state index >= 15 is 0 Å². The molecule has 11 nitrogen and oxygen atoms in total. The monoisotopic (exact) mass is 2130 g/mol. The first-order valence-electron chi connectivity index (χ1n) is 49.7. The van der Waals surface area contributed by atoms with Gasteiger partial charge in [-0.15, -0.1) is 0 Å². The number of hydrogen-bond donors (Lipinski definition) is 3. The average molecular weight is 2140 g/mol. The third-order valence-electron chi connectivity index (χ3n) is 22.2. The molecule has 0 fully saturated rings. The fourth-order valence-corrected chi connectivity index (χ4v) is 19.2. The van der Waals surface area contributed by atoms with E-state index in [9.17, 15) is 9.59 Å². The summed E-state index contributed by atoms with van der Waals surface area (Å²) < 4.78 is 25.4. The average Bonchev–Trinajstić information content (AvgIpc) is 0.883. The number of aryl methyl sites for hydroxylation is 2. The number of unbranched alkanes of at least 4 members (excludes halogenated alkanes) is 29. The number of halogens is 3. The molecule has 0 aliphatic heterocycles. The summed E-state index contributed by atoms with van der Waals surface area (Å²) in [4.78, 5) is 39.8. The van der Waals surface area contributed by atoms with Gasteiger partial charge >= 0.3 is 243 Å². The third kappa shape index (κ3) is 62.5. The molecule has 0 unspecified atom stereocenters. The second-order valence-corrected chi connectivity index (χ2v) is 62.7. The first-order chi connectivity index (χ1) is 64.3.